The van der Waals surface area contributed by atoms with Crippen LogP contribution in [-0.2, 0) is 9.47 Å². The Balaban J connectivity index is 1.68. The second kappa shape index (κ2) is 2.26. The van der Waals surface area contributed by atoms with Crippen molar-refractivity contribution in [2.75, 3.05) is 0 Å². The van der Waals surface area contributed by atoms with Crippen LogP contribution < -0.4 is 0 Å². The first-order chi connectivity index (χ1) is 6.83. The molecule has 14 heavy (non-hydrogen) atoms. The molecule has 0 aromatic carbocycles. The van der Waals surface area contributed by atoms with E-state index in [1.54, 1.807) is 0 Å². The summed E-state index contributed by atoms with van der Waals surface area (Å²) in [6, 6.07) is 0. The second-order valence-corrected chi connectivity index (χ2v) is 5.30. The summed E-state index contributed by atoms with van der Waals surface area (Å²) in [5.41, 5.74) is 0. The molecular formula is C11H14O3. The van der Waals surface area contributed by atoms with Gasteiger partial charge in [-0.05, 0) is 43.4 Å². The SMILES string of the molecule is O=C1OC2CC3C4CCC(C4)C3C2O1. The van der Waals surface area contributed by atoms with E-state index in [4.69, 9.17) is 9.47 Å². The highest BCUT2D eigenvalue weighted by molar-refractivity contribution is 5.63. The van der Waals surface area contributed by atoms with Crippen LogP contribution in [0.4, 0.5) is 4.79 Å². The Morgan fingerprint density at radius 1 is 1.07 bits per heavy atom. The number of rotatable bonds is 0. The largest absolute Gasteiger partial charge is 0.509 e. The van der Waals surface area contributed by atoms with Crippen molar-refractivity contribution in [1.29, 1.82) is 0 Å². The summed E-state index contributed by atoms with van der Waals surface area (Å²) in [4.78, 5) is 11.0. The summed E-state index contributed by atoms with van der Waals surface area (Å²) in [7, 11) is 0. The van der Waals surface area contributed by atoms with Gasteiger partial charge in [-0.3, -0.25) is 0 Å². The summed E-state index contributed by atoms with van der Waals surface area (Å²) < 4.78 is 10.5. The van der Waals surface area contributed by atoms with Crippen LogP contribution in [0.15, 0.2) is 0 Å². The third-order valence-corrected chi connectivity index (χ3v) is 4.89. The highest BCUT2D eigenvalue weighted by Gasteiger charge is 2.61. The minimum Gasteiger partial charge on any atom is -0.427 e. The van der Waals surface area contributed by atoms with E-state index in [9.17, 15) is 4.79 Å². The Labute approximate surface area is 82.8 Å². The van der Waals surface area contributed by atoms with Crippen LogP contribution in [0.2, 0.25) is 0 Å². The van der Waals surface area contributed by atoms with Crippen molar-refractivity contribution in [3.05, 3.63) is 0 Å². The lowest BCUT2D eigenvalue weighted by molar-refractivity contribution is 0.0710. The summed E-state index contributed by atoms with van der Waals surface area (Å²) in [6.07, 6.45) is 4.99. The standard InChI is InChI=1S/C11H14O3/c12-11-13-8-4-7-5-1-2-6(3-5)9(7)10(8)14-11/h5-10H,1-4H2. The van der Waals surface area contributed by atoms with Gasteiger partial charge in [0.05, 0.1) is 0 Å². The van der Waals surface area contributed by atoms with Gasteiger partial charge >= 0.3 is 6.16 Å². The van der Waals surface area contributed by atoms with Gasteiger partial charge in [-0.2, -0.15) is 0 Å². The normalized spacial score (nSPS) is 58.1. The maximum Gasteiger partial charge on any atom is 0.509 e. The maximum absolute atomic E-state index is 11.0. The van der Waals surface area contributed by atoms with Gasteiger partial charge in [-0.25, -0.2) is 4.79 Å². The van der Waals surface area contributed by atoms with Crippen LogP contribution >= 0.6 is 0 Å². The van der Waals surface area contributed by atoms with Crippen LogP contribution in [0.3, 0.4) is 0 Å². The van der Waals surface area contributed by atoms with Gasteiger partial charge < -0.3 is 9.47 Å². The fraction of sp³-hybridized carbons (Fsp3) is 0.909. The van der Waals surface area contributed by atoms with Crippen molar-refractivity contribution in [2.45, 2.75) is 37.9 Å². The number of ether oxygens (including phenoxy) is 2. The third-order valence-electron chi connectivity index (χ3n) is 4.89. The Kier molecular flexibility index (Phi) is 1.22. The molecule has 4 rings (SSSR count). The van der Waals surface area contributed by atoms with E-state index < -0.39 is 6.16 Å². The molecule has 1 aliphatic heterocycles. The molecule has 76 valence electrons. The Morgan fingerprint density at radius 3 is 2.86 bits per heavy atom. The highest BCUT2D eigenvalue weighted by Crippen LogP contribution is 2.60. The van der Waals surface area contributed by atoms with Gasteiger partial charge in [-0.15, -0.1) is 0 Å². The number of fused-ring (bicyclic) bond motifs is 7. The number of carbonyl (C=O) groups is 1. The molecule has 0 spiro atoms. The van der Waals surface area contributed by atoms with E-state index in [2.05, 4.69) is 0 Å². The third kappa shape index (κ3) is 0.733. The Hall–Kier alpha value is -0.730. The molecule has 2 bridgehead atoms. The first-order valence-corrected chi connectivity index (χ1v) is 5.70. The minimum absolute atomic E-state index is 0.0981. The van der Waals surface area contributed by atoms with Gasteiger partial charge in [-0.1, -0.05) is 0 Å². The molecule has 1 saturated heterocycles. The zero-order chi connectivity index (χ0) is 9.28. The lowest BCUT2D eigenvalue weighted by Crippen LogP contribution is -2.28. The van der Waals surface area contributed by atoms with E-state index in [1.807, 2.05) is 0 Å². The molecule has 4 fully saturated rings. The molecule has 0 N–H and O–H groups in total. The Bertz CT molecular complexity index is 301. The van der Waals surface area contributed by atoms with E-state index in [1.165, 1.54) is 19.3 Å². The maximum atomic E-state index is 11.0. The summed E-state index contributed by atoms with van der Waals surface area (Å²) in [6.45, 7) is 0. The number of hydrogen-bond donors (Lipinski definition) is 0. The molecule has 0 amide bonds. The fourth-order valence-electron chi connectivity index (χ4n) is 4.50. The van der Waals surface area contributed by atoms with Gasteiger partial charge in [0, 0.05) is 5.92 Å². The molecule has 3 saturated carbocycles. The van der Waals surface area contributed by atoms with Crippen molar-refractivity contribution < 1.29 is 14.3 Å². The molecule has 4 aliphatic rings. The van der Waals surface area contributed by atoms with Crippen molar-refractivity contribution in [2.24, 2.45) is 23.7 Å². The van der Waals surface area contributed by atoms with E-state index in [0.29, 0.717) is 5.92 Å². The van der Waals surface area contributed by atoms with Crippen molar-refractivity contribution >= 4 is 6.16 Å². The first-order valence-electron chi connectivity index (χ1n) is 5.70. The zero-order valence-electron chi connectivity index (χ0n) is 8.02. The molecule has 3 aliphatic carbocycles. The summed E-state index contributed by atoms with van der Waals surface area (Å²) in [5, 5.41) is 0. The van der Waals surface area contributed by atoms with Crippen LogP contribution in [-0.4, -0.2) is 18.4 Å². The molecule has 6 unspecified atom stereocenters. The average molecular weight is 194 g/mol. The van der Waals surface area contributed by atoms with Gasteiger partial charge in [0.25, 0.3) is 0 Å². The van der Waals surface area contributed by atoms with Crippen LogP contribution in [0.25, 0.3) is 0 Å². The average Bonchev–Trinajstić information content (AvgIpc) is 2.78. The number of carbonyl (C=O) groups excluding carboxylic acids is 1. The fourth-order valence-corrected chi connectivity index (χ4v) is 4.50. The van der Waals surface area contributed by atoms with Crippen LogP contribution in [0.1, 0.15) is 25.7 Å². The summed E-state index contributed by atoms with van der Waals surface area (Å²) >= 11 is 0. The van der Waals surface area contributed by atoms with E-state index in [-0.39, 0.29) is 12.2 Å². The van der Waals surface area contributed by atoms with Crippen molar-refractivity contribution in [3.8, 4) is 0 Å². The van der Waals surface area contributed by atoms with Crippen molar-refractivity contribution in [3.63, 3.8) is 0 Å². The van der Waals surface area contributed by atoms with Crippen molar-refractivity contribution in [1.82, 2.24) is 0 Å². The highest BCUT2D eigenvalue weighted by atomic mass is 16.8. The van der Waals surface area contributed by atoms with Gasteiger partial charge in [0.1, 0.15) is 12.2 Å². The monoisotopic (exact) mass is 194 g/mol. The molecule has 6 atom stereocenters. The smallest absolute Gasteiger partial charge is 0.427 e. The minimum atomic E-state index is -0.429. The molecule has 1 heterocycles. The van der Waals surface area contributed by atoms with E-state index in [0.717, 1.165) is 24.2 Å². The molecule has 3 nitrogen and oxygen atoms in total. The molecule has 0 radical (unpaired) electrons. The lowest BCUT2D eigenvalue weighted by Gasteiger charge is -2.26. The summed E-state index contributed by atoms with van der Waals surface area (Å²) in [5.74, 6) is 3.19. The predicted molar refractivity (Wildman–Crippen MR) is 47.6 cm³/mol. The number of hydrogen-bond acceptors (Lipinski definition) is 3. The van der Waals surface area contributed by atoms with Gasteiger partial charge in [0.2, 0.25) is 0 Å². The molecule has 0 aromatic rings. The predicted octanol–water partition coefficient (Wildman–Crippen LogP) is 1.96. The zero-order valence-corrected chi connectivity index (χ0v) is 8.02. The van der Waals surface area contributed by atoms with E-state index >= 15 is 0 Å². The first kappa shape index (κ1) is 7.55. The van der Waals surface area contributed by atoms with Crippen LogP contribution in [0.5, 0.6) is 0 Å². The molecule has 3 heteroatoms. The second-order valence-electron chi connectivity index (χ2n) is 5.30. The Morgan fingerprint density at radius 2 is 1.93 bits per heavy atom. The molecular weight excluding hydrogens is 180 g/mol. The van der Waals surface area contributed by atoms with Crippen LogP contribution in [0, 0.1) is 23.7 Å². The topological polar surface area (TPSA) is 35.5 Å². The van der Waals surface area contributed by atoms with Gasteiger partial charge in [0.15, 0.2) is 0 Å². The lowest BCUT2D eigenvalue weighted by atomic mass is 9.81. The molecule has 0 aromatic heterocycles. The quantitative estimate of drug-likeness (QED) is 0.553.